The summed E-state index contributed by atoms with van der Waals surface area (Å²) in [6.07, 6.45) is -10.8. The molecule has 1 aliphatic heterocycles. The molecule has 0 saturated carbocycles. The topological polar surface area (TPSA) is 212 Å². The Balaban J connectivity index is 2.75. The molecule has 0 spiro atoms. The zero-order chi connectivity index (χ0) is 17.1. The van der Waals surface area contributed by atoms with Gasteiger partial charge in [-0.1, -0.05) is 0 Å². The lowest BCUT2D eigenvalue weighted by molar-refractivity contribution is -0.354. The summed E-state index contributed by atoms with van der Waals surface area (Å²) in [5.41, 5.74) is 0. The van der Waals surface area contributed by atoms with Gasteiger partial charge in [0, 0.05) is 0 Å². The van der Waals surface area contributed by atoms with Gasteiger partial charge in [0.15, 0.2) is 6.29 Å². The summed E-state index contributed by atoms with van der Waals surface area (Å²) in [7, 11) is -5.47. The molecule has 0 bridgehead atoms. The SMILES string of the molecule is O=C([O-])[C@@H](COP(=O)([O-])[O-])O[C@H]1O[C@H](CO)[C@@H](O)[C@H](O)[C@@H]1O. The molecule has 1 rings (SSSR count). The van der Waals surface area contributed by atoms with Gasteiger partial charge in [0.25, 0.3) is 0 Å². The fraction of sp³-hybridized carbons (Fsp3) is 0.889. The van der Waals surface area contributed by atoms with Crippen molar-refractivity contribution in [3.8, 4) is 0 Å². The van der Waals surface area contributed by atoms with Crippen molar-refractivity contribution in [2.24, 2.45) is 0 Å². The maximum atomic E-state index is 10.8. The molecule has 0 aromatic rings. The average molecular weight is 345 g/mol. The molecule has 6 atom stereocenters. The quantitative estimate of drug-likeness (QED) is 0.317. The summed E-state index contributed by atoms with van der Waals surface area (Å²) in [6, 6.07) is 0. The van der Waals surface area contributed by atoms with Crippen LogP contribution in [0, 0.1) is 0 Å². The van der Waals surface area contributed by atoms with Crippen LogP contribution in [0.5, 0.6) is 0 Å². The molecule has 13 heteroatoms. The molecule has 0 aromatic heterocycles. The maximum absolute atomic E-state index is 10.8. The summed E-state index contributed by atoms with van der Waals surface area (Å²) < 4.78 is 23.5. The minimum absolute atomic E-state index is 0.784. The van der Waals surface area contributed by atoms with E-state index in [1.807, 2.05) is 0 Å². The van der Waals surface area contributed by atoms with E-state index < -0.39 is 63.8 Å². The fourth-order valence-electron chi connectivity index (χ4n) is 1.66. The standard InChI is InChI=1S/C9H17O12P/c10-1-3-5(11)6(12)7(13)9(20-3)21-4(8(14)15)2-19-22(16,17)18/h3-7,9-13H,1-2H2,(H,14,15)(H2,16,17,18)/p-3/t3-,4-,5-,6+,7+,9-/m1/s1. The number of carboxylic acids is 1. The molecule has 22 heavy (non-hydrogen) atoms. The van der Waals surface area contributed by atoms with Crippen molar-refractivity contribution in [3.05, 3.63) is 0 Å². The van der Waals surface area contributed by atoms with Crippen LogP contribution in [0.3, 0.4) is 0 Å². The predicted molar refractivity (Wildman–Crippen MR) is 57.2 cm³/mol. The number of ether oxygens (including phenoxy) is 2. The number of carboxylic acid groups (broad SMARTS) is 1. The largest absolute Gasteiger partial charge is 0.790 e. The first-order chi connectivity index (χ1) is 10.1. The third-order valence-electron chi connectivity index (χ3n) is 2.79. The zero-order valence-corrected chi connectivity index (χ0v) is 11.8. The Hall–Kier alpha value is -0.660. The van der Waals surface area contributed by atoms with Crippen LogP contribution in [0.2, 0.25) is 0 Å². The minimum Gasteiger partial charge on any atom is -0.790 e. The molecule has 0 amide bonds. The van der Waals surface area contributed by atoms with Crippen molar-refractivity contribution >= 4 is 13.8 Å². The van der Waals surface area contributed by atoms with Gasteiger partial charge in [0.2, 0.25) is 0 Å². The smallest absolute Gasteiger partial charge is 0.187 e. The van der Waals surface area contributed by atoms with Crippen LogP contribution in [-0.4, -0.2) is 76.4 Å². The number of aliphatic carboxylic acids is 1. The highest BCUT2D eigenvalue weighted by atomic mass is 31.2. The van der Waals surface area contributed by atoms with E-state index in [0.717, 1.165) is 0 Å². The normalized spacial score (nSPS) is 34.4. The molecule has 130 valence electrons. The van der Waals surface area contributed by atoms with Gasteiger partial charge in [-0.05, 0) is 0 Å². The lowest BCUT2D eigenvalue weighted by Gasteiger charge is -2.41. The number of aliphatic hydroxyl groups is 4. The van der Waals surface area contributed by atoms with E-state index >= 15 is 0 Å². The summed E-state index contributed by atoms with van der Waals surface area (Å²) in [6.45, 7) is -2.03. The molecular formula is C9H14O12P-3. The van der Waals surface area contributed by atoms with E-state index in [-0.39, 0.29) is 0 Å². The van der Waals surface area contributed by atoms with Gasteiger partial charge in [-0.25, -0.2) is 0 Å². The van der Waals surface area contributed by atoms with Crippen LogP contribution in [0.4, 0.5) is 0 Å². The Morgan fingerprint density at radius 3 is 2.27 bits per heavy atom. The summed E-state index contributed by atoms with van der Waals surface area (Å²) in [5, 5.41) is 48.3. The van der Waals surface area contributed by atoms with Crippen molar-refractivity contribution in [2.45, 2.75) is 36.8 Å². The number of carbonyl (C=O) groups is 1. The lowest BCUT2D eigenvalue weighted by atomic mass is 9.99. The summed E-state index contributed by atoms with van der Waals surface area (Å²) >= 11 is 0. The lowest BCUT2D eigenvalue weighted by Crippen LogP contribution is -2.60. The van der Waals surface area contributed by atoms with Crippen LogP contribution >= 0.6 is 7.82 Å². The highest BCUT2D eigenvalue weighted by Gasteiger charge is 2.44. The Morgan fingerprint density at radius 2 is 1.82 bits per heavy atom. The Bertz CT molecular complexity index is 421. The number of hydrogen-bond acceptors (Lipinski definition) is 12. The zero-order valence-electron chi connectivity index (χ0n) is 10.9. The molecule has 0 unspecified atom stereocenters. The van der Waals surface area contributed by atoms with Crippen LogP contribution in [0.1, 0.15) is 0 Å². The van der Waals surface area contributed by atoms with E-state index in [4.69, 9.17) is 9.84 Å². The van der Waals surface area contributed by atoms with Gasteiger partial charge in [-0.2, -0.15) is 0 Å². The molecule has 0 aliphatic carbocycles. The minimum atomic E-state index is -5.47. The molecule has 0 aromatic carbocycles. The van der Waals surface area contributed by atoms with Gasteiger partial charge in [0.1, 0.15) is 30.5 Å². The van der Waals surface area contributed by atoms with Crippen LogP contribution in [-0.2, 0) is 23.4 Å². The molecule has 1 saturated heterocycles. The number of rotatable bonds is 7. The Morgan fingerprint density at radius 1 is 1.23 bits per heavy atom. The van der Waals surface area contributed by atoms with Crippen LogP contribution in [0.15, 0.2) is 0 Å². The van der Waals surface area contributed by atoms with Crippen molar-refractivity contribution in [1.82, 2.24) is 0 Å². The third kappa shape index (κ3) is 5.21. The van der Waals surface area contributed by atoms with E-state index in [1.54, 1.807) is 0 Å². The molecular weight excluding hydrogens is 331 g/mol. The first-order valence-electron chi connectivity index (χ1n) is 5.90. The molecule has 1 heterocycles. The van der Waals surface area contributed by atoms with Crippen molar-refractivity contribution in [1.29, 1.82) is 0 Å². The molecule has 4 N–H and O–H groups in total. The van der Waals surface area contributed by atoms with E-state index in [1.165, 1.54) is 0 Å². The van der Waals surface area contributed by atoms with Gasteiger partial charge < -0.3 is 58.7 Å². The maximum Gasteiger partial charge on any atom is 0.187 e. The van der Waals surface area contributed by atoms with Crippen molar-refractivity contribution in [3.63, 3.8) is 0 Å². The Kier molecular flexibility index (Phi) is 6.83. The first kappa shape index (κ1) is 19.4. The summed E-state index contributed by atoms with van der Waals surface area (Å²) in [5.74, 6) is -1.98. The van der Waals surface area contributed by atoms with Crippen molar-refractivity contribution in [2.75, 3.05) is 13.2 Å². The average Bonchev–Trinajstić information content (AvgIpc) is 2.41. The number of aliphatic hydroxyl groups excluding tert-OH is 4. The van der Waals surface area contributed by atoms with E-state index in [0.29, 0.717) is 0 Å². The predicted octanol–water partition coefficient (Wildman–Crippen LogP) is -6.23. The van der Waals surface area contributed by atoms with Gasteiger partial charge in [0.05, 0.1) is 27.0 Å². The fourth-order valence-corrected chi connectivity index (χ4v) is 1.98. The molecule has 1 aliphatic rings. The Labute approximate surface area is 123 Å². The van der Waals surface area contributed by atoms with Crippen LogP contribution in [0.25, 0.3) is 0 Å². The molecule has 0 radical (unpaired) electrons. The second-order valence-corrected chi connectivity index (χ2v) is 5.54. The van der Waals surface area contributed by atoms with E-state index in [9.17, 15) is 39.6 Å². The van der Waals surface area contributed by atoms with Crippen LogP contribution < -0.4 is 14.9 Å². The monoisotopic (exact) mass is 345 g/mol. The second kappa shape index (κ2) is 7.75. The van der Waals surface area contributed by atoms with Gasteiger partial charge in [-0.3, -0.25) is 0 Å². The van der Waals surface area contributed by atoms with Gasteiger partial charge in [-0.15, -0.1) is 0 Å². The molecule has 1 fully saturated rings. The highest BCUT2D eigenvalue weighted by Crippen LogP contribution is 2.26. The van der Waals surface area contributed by atoms with Crippen molar-refractivity contribution < 1.29 is 58.7 Å². The second-order valence-electron chi connectivity index (χ2n) is 4.38. The number of phosphoric acid groups is 1. The van der Waals surface area contributed by atoms with Gasteiger partial charge >= 0.3 is 0 Å². The summed E-state index contributed by atoms with van der Waals surface area (Å²) in [4.78, 5) is 31.4. The van der Waals surface area contributed by atoms with E-state index in [2.05, 4.69) is 9.26 Å². The third-order valence-corrected chi connectivity index (χ3v) is 3.26. The first-order valence-corrected chi connectivity index (χ1v) is 7.36. The number of hydrogen-bond donors (Lipinski definition) is 4. The molecule has 12 nitrogen and oxygen atoms in total. The number of carbonyl (C=O) groups excluding carboxylic acids is 1. The highest BCUT2D eigenvalue weighted by molar-refractivity contribution is 7.43. The number of phosphoric ester groups is 1.